The molecule has 2 aromatic carbocycles. The number of hydrogen-bond donors (Lipinski definition) is 1. The number of aromatic nitrogens is 2. The lowest BCUT2D eigenvalue weighted by atomic mass is 9.93. The summed E-state index contributed by atoms with van der Waals surface area (Å²) in [6.45, 7) is 10.0. The van der Waals surface area contributed by atoms with Crippen molar-refractivity contribution in [2.75, 3.05) is 6.54 Å². The van der Waals surface area contributed by atoms with Crippen LogP contribution in [-0.4, -0.2) is 24.5 Å². The second kappa shape index (κ2) is 9.14. The summed E-state index contributed by atoms with van der Waals surface area (Å²) in [5, 5.41) is 3.59. The first kappa shape index (κ1) is 22.2. The predicted molar refractivity (Wildman–Crippen MR) is 121 cm³/mol. The van der Waals surface area contributed by atoms with Gasteiger partial charge in [-0.2, -0.15) is 0 Å². The van der Waals surface area contributed by atoms with Gasteiger partial charge in [-0.1, -0.05) is 30.3 Å². The molecule has 6 heteroatoms. The molecule has 0 spiro atoms. The number of hydrogen-bond acceptors (Lipinski definition) is 4. The molecule has 3 rings (SSSR count). The van der Waals surface area contributed by atoms with Gasteiger partial charge in [0.1, 0.15) is 0 Å². The van der Waals surface area contributed by atoms with Crippen LogP contribution in [0.5, 0.6) is 0 Å². The monoisotopic (exact) mass is 425 g/mol. The molecular weight excluding hydrogens is 394 g/mol. The predicted octanol–water partition coefficient (Wildman–Crippen LogP) is 4.39. The van der Waals surface area contributed by atoms with Crippen molar-refractivity contribution in [3.63, 3.8) is 0 Å². The lowest BCUT2D eigenvalue weighted by Gasteiger charge is -2.27. The van der Waals surface area contributed by atoms with Crippen LogP contribution in [0.4, 0.5) is 0 Å². The molecule has 0 unspecified atom stereocenters. The Morgan fingerprint density at radius 3 is 2.40 bits per heavy atom. The molecule has 0 atom stereocenters. The zero-order valence-corrected chi connectivity index (χ0v) is 19.0. The van der Waals surface area contributed by atoms with Gasteiger partial charge in [0.05, 0.1) is 17.0 Å². The van der Waals surface area contributed by atoms with Gasteiger partial charge in [0.25, 0.3) is 0 Å². The summed E-state index contributed by atoms with van der Waals surface area (Å²) in [5.41, 5.74) is 3.83. The van der Waals surface area contributed by atoms with Gasteiger partial charge in [0.2, 0.25) is 0 Å². The molecule has 0 saturated heterocycles. The quantitative estimate of drug-likeness (QED) is 0.517. The Balaban J connectivity index is 1.61. The molecule has 0 radical (unpaired) electrons. The molecular formula is C24H31N3O2S. The van der Waals surface area contributed by atoms with Crippen molar-refractivity contribution in [3.8, 4) is 0 Å². The van der Waals surface area contributed by atoms with E-state index in [1.807, 2.05) is 56.7 Å². The number of rotatable bonds is 9. The first-order valence-electron chi connectivity index (χ1n) is 10.3. The summed E-state index contributed by atoms with van der Waals surface area (Å²) in [5.74, 6) is 0.00848. The van der Waals surface area contributed by atoms with Crippen molar-refractivity contribution in [1.82, 2.24) is 14.9 Å². The van der Waals surface area contributed by atoms with E-state index in [-0.39, 0.29) is 11.3 Å². The lowest BCUT2D eigenvalue weighted by Crippen LogP contribution is -2.37. The molecule has 1 heterocycles. The Morgan fingerprint density at radius 1 is 1.03 bits per heavy atom. The summed E-state index contributed by atoms with van der Waals surface area (Å²) in [6.07, 6.45) is 6.59. The van der Waals surface area contributed by atoms with Crippen LogP contribution < -0.4 is 5.32 Å². The third-order valence-electron chi connectivity index (χ3n) is 5.59. The highest BCUT2D eigenvalue weighted by Crippen LogP contribution is 2.23. The van der Waals surface area contributed by atoms with E-state index >= 15 is 0 Å². The SMILES string of the molecule is Cc1ccc(S(=O)(=O)Cc2ccc(C(C)(C)NCCCn3ccnc3)cc2)cc1C. The molecule has 0 bridgehead atoms. The van der Waals surface area contributed by atoms with Crippen molar-refractivity contribution in [1.29, 1.82) is 0 Å². The van der Waals surface area contributed by atoms with Crippen molar-refractivity contribution in [2.45, 2.75) is 56.8 Å². The number of nitrogens with one attached hydrogen (secondary N) is 1. The first-order chi connectivity index (χ1) is 14.2. The van der Waals surface area contributed by atoms with E-state index < -0.39 is 9.84 Å². The van der Waals surface area contributed by atoms with E-state index in [1.165, 1.54) is 0 Å². The van der Waals surface area contributed by atoms with Crippen LogP contribution in [0, 0.1) is 13.8 Å². The first-order valence-corrected chi connectivity index (χ1v) is 11.9. The van der Waals surface area contributed by atoms with Crippen molar-refractivity contribution >= 4 is 9.84 Å². The van der Waals surface area contributed by atoms with Crippen LogP contribution in [0.15, 0.2) is 66.1 Å². The number of benzene rings is 2. The molecule has 3 aromatic rings. The maximum Gasteiger partial charge on any atom is 0.182 e. The highest BCUT2D eigenvalue weighted by atomic mass is 32.2. The summed E-state index contributed by atoms with van der Waals surface area (Å²) in [7, 11) is -3.36. The largest absolute Gasteiger partial charge is 0.337 e. The van der Waals surface area contributed by atoms with Gasteiger partial charge in [-0.25, -0.2) is 13.4 Å². The van der Waals surface area contributed by atoms with Gasteiger partial charge in [0.15, 0.2) is 9.84 Å². The van der Waals surface area contributed by atoms with Crippen molar-refractivity contribution in [3.05, 3.63) is 83.4 Å². The fourth-order valence-corrected chi connectivity index (χ4v) is 4.84. The van der Waals surface area contributed by atoms with Crippen molar-refractivity contribution in [2.24, 2.45) is 0 Å². The Morgan fingerprint density at radius 2 is 1.77 bits per heavy atom. The molecule has 0 aliphatic carbocycles. The third kappa shape index (κ3) is 5.58. The summed E-state index contributed by atoms with van der Waals surface area (Å²) < 4.78 is 27.7. The van der Waals surface area contributed by atoms with E-state index in [1.54, 1.807) is 18.3 Å². The maximum atomic E-state index is 12.8. The van der Waals surface area contributed by atoms with E-state index in [0.29, 0.717) is 4.90 Å². The molecule has 5 nitrogen and oxygen atoms in total. The molecule has 0 saturated carbocycles. The van der Waals surface area contributed by atoms with E-state index in [2.05, 4.69) is 28.7 Å². The van der Waals surface area contributed by atoms with Crippen LogP contribution in [0.3, 0.4) is 0 Å². The smallest absolute Gasteiger partial charge is 0.182 e. The van der Waals surface area contributed by atoms with Gasteiger partial charge >= 0.3 is 0 Å². The second-order valence-electron chi connectivity index (χ2n) is 8.41. The zero-order chi connectivity index (χ0) is 21.8. The molecule has 160 valence electrons. The van der Waals surface area contributed by atoms with Crippen LogP contribution in [0.2, 0.25) is 0 Å². The van der Waals surface area contributed by atoms with Gasteiger partial charge in [0, 0.05) is 24.5 Å². The summed E-state index contributed by atoms with van der Waals surface area (Å²) in [4.78, 5) is 4.44. The summed E-state index contributed by atoms with van der Waals surface area (Å²) in [6, 6.07) is 13.2. The van der Waals surface area contributed by atoms with Crippen LogP contribution in [-0.2, 0) is 27.7 Å². The second-order valence-corrected chi connectivity index (χ2v) is 10.4. The molecule has 0 amide bonds. The Hall–Kier alpha value is -2.44. The van der Waals surface area contributed by atoms with Crippen LogP contribution >= 0.6 is 0 Å². The van der Waals surface area contributed by atoms with Gasteiger partial charge < -0.3 is 9.88 Å². The van der Waals surface area contributed by atoms with Crippen molar-refractivity contribution < 1.29 is 8.42 Å². The van der Waals surface area contributed by atoms with Crippen LogP contribution in [0.25, 0.3) is 0 Å². The van der Waals surface area contributed by atoms with Gasteiger partial charge in [-0.15, -0.1) is 0 Å². The third-order valence-corrected chi connectivity index (χ3v) is 7.27. The molecule has 0 aliphatic heterocycles. The highest BCUT2D eigenvalue weighted by Gasteiger charge is 2.20. The minimum atomic E-state index is -3.36. The Labute approximate surface area is 180 Å². The number of nitrogens with zero attached hydrogens (tertiary/aromatic N) is 2. The molecule has 30 heavy (non-hydrogen) atoms. The summed E-state index contributed by atoms with van der Waals surface area (Å²) >= 11 is 0. The molecule has 0 aliphatic rings. The van der Waals surface area contributed by atoms with Gasteiger partial charge in [-0.3, -0.25) is 0 Å². The lowest BCUT2D eigenvalue weighted by molar-refractivity contribution is 0.393. The number of imidazole rings is 1. The highest BCUT2D eigenvalue weighted by molar-refractivity contribution is 7.90. The minimum Gasteiger partial charge on any atom is -0.337 e. The van der Waals surface area contributed by atoms with E-state index in [0.717, 1.165) is 41.8 Å². The average Bonchev–Trinajstić information content (AvgIpc) is 3.21. The molecule has 1 N–H and O–H groups in total. The topological polar surface area (TPSA) is 64.0 Å². The van der Waals surface area contributed by atoms with E-state index in [9.17, 15) is 8.42 Å². The fraction of sp³-hybridized carbons (Fsp3) is 0.375. The van der Waals surface area contributed by atoms with Crippen LogP contribution in [0.1, 0.15) is 42.5 Å². The Bertz CT molecular complexity index is 1070. The van der Waals surface area contributed by atoms with Gasteiger partial charge in [-0.05, 0) is 75.0 Å². The zero-order valence-electron chi connectivity index (χ0n) is 18.2. The standard InChI is InChI=1S/C24H31N3O2S/c1-19-6-11-23(16-20(19)2)30(28,29)17-21-7-9-22(10-8-21)24(3,4)26-12-5-14-27-15-13-25-18-27/h6-11,13,15-16,18,26H,5,12,14,17H2,1-4H3. The Kier molecular flexibility index (Phi) is 6.78. The molecule has 1 aromatic heterocycles. The molecule has 0 fully saturated rings. The number of aryl methyl sites for hydroxylation is 3. The normalized spacial score (nSPS) is 12.3. The minimum absolute atomic E-state index is 0.00848. The van der Waals surface area contributed by atoms with E-state index in [4.69, 9.17) is 0 Å². The average molecular weight is 426 g/mol. The fourth-order valence-electron chi connectivity index (χ4n) is 3.41. The number of sulfone groups is 1. The maximum absolute atomic E-state index is 12.8.